The van der Waals surface area contributed by atoms with Crippen LogP contribution in [0.1, 0.15) is 41.5 Å². The molecule has 2 heterocycles. The zero-order valence-corrected chi connectivity index (χ0v) is 27.6. The molecule has 220 valence electrons. The Balaban J connectivity index is 2.03. The summed E-state index contributed by atoms with van der Waals surface area (Å²) in [4.78, 5) is 13.1. The minimum Gasteiger partial charge on any atom is -0.414 e. The van der Waals surface area contributed by atoms with Gasteiger partial charge in [0.25, 0.3) is 10.1 Å². The van der Waals surface area contributed by atoms with E-state index in [-0.39, 0.29) is 22.4 Å². The van der Waals surface area contributed by atoms with Crippen LogP contribution < -0.4 is 16.4 Å². The largest absolute Gasteiger partial charge is 0.414 e. The van der Waals surface area contributed by atoms with Crippen molar-refractivity contribution in [3.63, 3.8) is 0 Å². The molecule has 1 aromatic rings. The van der Waals surface area contributed by atoms with Gasteiger partial charge in [-0.05, 0) is 48.4 Å². The Hall–Kier alpha value is -1.75. The molecule has 0 aromatic heterocycles. The topological polar surface area (TPSA) is 138 Å². The van der Waals surface area contributed by atoms with E-state index >= 15 is 0 Å². The van der Waals surface area contributed by atoms with E-state index in [1.807, 2.05) is 19.2 Å². The lowest BCUT2D eigenvalue weighted by molar-refractivity contribution is -0.0419. The first kappa shape index (κ1) is 31.8. The Bertz CT molecular complexity index is 1190. The number of ether oxygens (including phenoxy) is 1. The first-order chi connectivity index (χ1) is 17.6. The first-order valence-electron chi connectivity index (χ1n) is 13.1. The van der Waals surface area contributed by atoms with E-state index in [1.54, 1.807) is 24.3 Å². The van der Waals surface area contributed by atoms with Gasteiger partial charge in [0.2, 0.25) is 0 Å². The Morgan fingerprint density at radius 3 is 2.08 bits per heavy atom. The van der Waals surface area contributed by atoms with Crippen molar-refractivity contribution in [2.45, 2.75) is 102 Å². The quantitative estimate of drug-likeness (QED) is 0.299. The average Bonchev–Trinajstić information content (AvgIpc) is 3.17. The summed E-state index contributed by atoms with van der Waals surface area (Å²) in [6.45, 7) is 20.8. The second-order valence-corrected chi connectivity index (χ2v) is 24.3. The van der Waals surface area contributed by atoms with Crippen molar-refractivity contribution in [3.05, 3.63) is 41.4 Å². The van der Waals surface area contributed by atoms with E-state index in [0.29, 0.717) is 5.69 Å². The van der Waals surface area contributed by atoms with Crippen LogP contribution in [-0.2, 0) is 27.9 Å². The molecular weight excluding hydrogens is 555 g/mol. The molecule has 2 aliphatic heterocycles. The molecule has 0 aliphatic carbocycles. The lowest BCUT2D eigenvalue weighted by atomic mass is 9.89. The number of hydrogen-bond acceptors (Lipinski definition) is 8. The van der Waals surface area contributed by atoms with E-state index in [9.17, 15) is 13.2 Å². The van der Waals surface area contributed by atoms with Crippen molar-refractivity contribution >= 4 is 38.5 Å². The number of nitrogens with two attached hydrogens (primary N) is 1. The van der Waals surface area contributed by atoms with Crippen LogP contribution in [0.5, 0.6) is 0 Å². The molecule has 10 nitrogen and oxygen atoms in total. The fourth-order valence-electron chi connectivity index (χ4n) is 3.96. The normalized spacial score (nSPS) is 27.4. The second kappa shape index (κ2) is 10.6. The molecule has 1 saturated heterocycles. The summed E-state index contributed by atoms with van der Waals surface area (Å²) < 4.78 is 50.9. The lowest BCUT2D eigenvalue weighted by Gasteiger charge is -2.43. The number of urea groups is 1. The SMILES string of the molecule is CC(C)(C)[Si](C)(C)OCC1OC(NC(=O)Nc2ccccc2)C(O[Si](C)(C)C(C)(C)C)C12OS(=O)(=O)C=C2N. The lowest BCUT2D eigenvalue weighted by Crippen LogP contribution is -2.61. The van der Waals surface area contributed by atoms with Crippen LogP contribution in [0.3, 0.4) is 0 Å². The third kappa shape index (κ3) is 6.60. The number of carbonyl (C=O) groups excluding carboxylic acids is 1. The van der Waals surface area contributed by atoms with Gasteiger partial charge in [-0.1, -0.05) is 59.7 Å². The van der Waals surface area contributed by atoms with E-state index in [1.165, 1.54) is 0 Å². The number of hydrogen-bond donors (Lipinski definition) is 3. The van der Waals surface area contributed by atoms with Gasteiger partial charge in [-0.15, -0.1) is 0 Å². The van der Waals surface area contributed by atoms with E-state index in [2.05, 4.69) is 65.3 Å². The first-order valence-corrected chi connectivity index (χ1v) is 20.4. The van der Waals surface area contributed by atoms with Gasteiger partial charge in [0.05, 0.1) is 17.7 Å². The summed E-state index contributed by atoms with van der Waals surface area (Å²) in [5.41, 5.74) is 5.28. The van der Waals surface area contributed by atoms with Gasteiger partial charge in [-0.3, -0.25) is 0 Å². The minimum atomic E-state index is -4.13. The zero-order valence-electron chi connectivity index (χ0n) is 24.7. The predicted molar refractivity (Wildman–Crippen MR) is 157 cm³/mol. The number of nitrogens with one attached hydrogen (secondary N) is 2. The highest BCUT2D eigenvalue weighted by Crippen LogP contribution is 2.49. The maximum Gasteiger partial charge on any atom is 0.321 e. The van der Waals surface area contributed by atoms with Crippen LogP contribution in [0.4, 0.5) is 10.5 Å². The van der Waals surface area contributed by atoms with Crippen LogP contribution in [0, 0.1) is 0 Å². The molecule has 4 N–H and O–H groups in total. The minimum absolute atomic E-state index is 0.0103. The van der Waals surface area contributed by atoms with Crippen LogP contribution in [0.2, 0.25) is 36.3 Å². The third-order valence-electron chi connectivity index (χ3n) is 8.40. The predicted octanol–water partition coefficient (Wildman–Crippen LogP) is 4.84. The fraction of sp³-hybridized carbons (Fsp3) is 0.654. The molecule has 4 atom stereocenters. The van der Waals surface area contributed by atoms with Crippen molar-refractivity contribution in [2.24, 2.45) is 5.73 Å². The summed E-state index contributed by atoms with van der Waals surface area (Å²) in [5.74, 6) is 0. The molecule has 39 heavy (non-hydrogen) atoms. The Kier molecular flexibility index (Phi) is 8.62. The van der Waals surface area contributed by atoms with Crippen molar-refractivity contribution in [1.82, 2.24) is 5.32 Å². The molecule has 1 fully saturated rings. The van der Waals surface area contributed by atoms with Gasteiger partial charge in [-0.25, -0.2) is 8.98 Å². The standard InChI is InChI=1S/C26H45N3O7SSi2/c1-24(2,3)38(7,8)33-16-20-26(19(27)17-37(31,32)36-26)21(35-39(9,10)25(4,5)6)22(34-20)29-23(30)28-18-14-12-11-13-15-18/h11-15,17,20-22H,16,27H2,1-10H3,(H2,28,29,30). The third-order valence-corrected chi connectivity index (χ3v) is 18.4. The number of rotatable bonds is 7. The average molecular weight is 600 g/mol. The van der Waals surface area contributed by atoms with Gasteiger partial charge in [0.1, 0.15) is 12.2 Å². The van der Waals surface area contributed by atoms with Crippen molar-refractivity contribution in [1.29, 1.82) is 0 Å². The molecule has 1 aromatic carbocycles. The molecule has 13 heteroatoms. The Labute approximate surface area is 235 Å². The highest BCUT2D eigenvalue weighted by molar-refractivity contribution is 7.90. The van der Waals surface area contributed by atoms with E-state index in [4.69, 9.17) is 23.5 Å². The summed E-state index contributed by atoms with van der Waals surface area (Å²) in [5, 5.41) is 6.17. The van der Waals surface area contributed by atoms with Gasteiger partial charge in [0.15, 0.2) is 28.5 Å². The van der Waals surface area contributed by atoms with Crippen LogP contribution in [-0.4, -0.2) is 61.7 Å². The molecule has 0 bridgehead atoms. The Morgan fingerprint density at radius 1 is 1.03 bits per heavy atom. The molecular formula is C26H45N3O7SSi2. The monoisotopic (exact) mass is 599 g/mol. The molecule has 3 rings (SSSR count). The maximum atomic E-state index is 13.1. The van der Waals surface area contributed by atoms with Gasteiger partial charge in [-0.2, -0.15) is 8.42 Å². The molecule has 0 radical (unpaired) electrons. The van der Waals surface area contributed by atoms with Gasteiger partial charge < -0.3 is 30.0 Å². The van der Waals surface area contributed by atoms with Crippen LogP contribution in [0.15, 0.2) is 41.4 Å². The summed E-state index contributed by atoms with van der Waals surface area (Å²) in [6, 6.07) is 8.41. The van der Waals surface area contributed by atoms with Crippen LogP contribution in [0.25, 0.3) is 0 Å². The highest BCUT2D eigenvalue weighted by Gasteiger charge is 2.67. The summed E-state index contributed by atoms with van der Waals surface area (Å²) in [6.07, 6.45) is -3.09. The zero-order chi connectivity index (χ0) is 29.7. The fourth-order valence-corrected chi connectivity index (χ4v) is 7.47. The molecule has 2 aliphatic rings. The molecule has 2 amide bonds. The molecule has 1 spiro atoms. The van der Waals surface area contributed by atoms with Gasteiger partial charge >= 0.3 is 6.03 Å². The van der Waals surface area contributed by atoms with Crippen molar-refractivity contribution < 1.29 is 31.0 Å². The summed E-state index contributed by atoms with van der Waals surface area (Å²) in [7, 11) is -8.98. The van der Waals surface area contributed by atoms with Crippen LogP contribution >= 0.6 is 0 Å². The number of carbonyl (C=O) groups is 1. The smallest absolute Gasteiger partial charge is 0.321 e. The van der Waals surface area contributed by atoms with Crippen molar-refractivity contribution in [2.75, 3.05) is 11.9 Å². The molecule has 4 unspecified atom stereocenters. The summed E-state index contributed by atoms with van der Waals surface area (Å²) >= 11 is 0. The highest BCUT2D eigenvalue weighted by atomic mass is 32.2. The number of amides is 2. The maximum absolute atomic E-state index is 13.1. The molecule has 0 saturated carbocycles. The van der Waals surface area contributed by atoms with E-state index in [0.717, 1.165) is 5.41 Å². The van der Waals surface area contributed by atoms with Gasteiger partial charge in [0, 0.05) is 5.69 Å². The van der Waals surface area contributed by atoms with Crippen molar-refractivity contribution in [3.8, 4) is 0 Å². The number of para-hydroxylation sites is 1. The second-order valence-electron chi connectivity index (χ2n) is 13.3. The number of benzene rings is 1. The Morgan fingerprint density at radius 2 is 1.59 bits per heavy atom. The number of anilines is 1. The van der Waals surface area contributed by atoms with E-state index < -0.39 is 56.8 Å².